The molecule has 0 aliphatic carbocycles. The number of hydrogen-bond acceptors (Lipinski definition) is 6. The minimum atomic E-state index is -3.56. The van der Waals surface area contributed by atoms with Crippen LogP contribution < -0.4 is 0 Å². The molecule has 1 aliphatic heterocycles. The van der Waals surface area contributed by atoms with Gasteiger partial charge in [0.25, 0.3) is 0 Å². The van der Waals surface area contributed by atoms with Gasteiger partial charge in [0, 0.05) is 24.9 Å². The first-order chi connectivity index (χ1) is 9.84. The van der Waals surface area contributed by atoms with Crippen LogP contribution in [0.25, 0.3) is 0 Å². The number of nitrogens with zero attached hydrogens (tertiary/aromatic N) is 3. The topological polar surface area (TPSA) is 66.7 Å². The molecule has 0 bridgehead atoms. The van der Waals surface area contributed by atoms with E-state index < -0.39 is 10.0 Å². The molecule has 1 unspecified atom stereocenters. The molecule has 0 aromatic carbocycles. The largest absolute Gasteiger partial charge is 0.360 e. The Kier molecular flexibility index (Phi) is 5.34. The second kappa shape index (κ2) is 6.68. The molecular formula is C13H23N3O3S2. The average Bonchev–Trinajstić information content (AvgIpc) is 2.60. The Bertz CT molecular complexity index is 564. The van der Waals surface area contributed by atoms with E-state index in [9.17, 15) is 8.42 Å². The number of aromatic nitrogens is 1. The van der Waals surface area contributed by atoms with E-state index in [1.54, 1.807) is 18.2 Å². The fourth-order valence-electron chi connectivity index (χ4n) is 2.65. The maximum absolute atomic E-state index is 13.0. The van der Waals surface area contributed by atoms with E-state index >= 15 is 0 Å². The number of aryl methyl sites for hydroxylation is 2. The Balaban J connectivity index is 2.39. The number of hydrogen-bond donors (Lipinski definition) is 0. The lowest BCUT2D eigenvalue weighted by atomic mass is 10.3. The normalized spacial score (nSPS) is 21.7. The van der Waals surface area contributed by atoms with Crippen molar-refractivity contribution in [3.05, 3.63) is 11.5 Å². The Hall–Kier alpha value is -0.570. The van der Waals surface area contributed by atoms with Crippen molar-refractivity contribution in [3.63, 3.8) is 0 Å². The van der Waals surface area contributed by atoms with E-state index in [0.29, 0.717) is 18.0 Å². The zero-order chi connectivity index (χ0) is 15.6. The van der Waals surface area contributed by atoms with Gasteiger partial charge < -0.3 is 9.42 Å². The second-order valence-electron chi connectivity index (χ2n) is 5.61. The van der Waals surface area contributed by atoms with Crippen molar-refractivity contribution in [2.24, 2.45) is 0 Å². The summed E-state index contributed by atoms with van der Waals surface area (Å²) in [5.74, 6) is 2.19. The van der Waals surface area contributed by atoms with Crippen molar-refractivity contribution in [1.29, 1.82) is 0 Å². The lowest BCUT2D eigenvalue weighted by molar-refractivity contribution is 0.271. The molecule has 2 heterocycles. The summed E-state index contributed by atoms with van der Waals surface area (Å²) in [6.45, 7) is 4.60. The molecule has 0 saturated carbocycles. The molecule has 0 spiro atoms. The van der Waals surface area contributed by atoms with Crippen LogP contribution in [0.1, 0.15) is 17.9 Å². The third kappa shape index (κ3) is 3.61. The van der Waals surface area contributed by atoms with Gasteiger partial charge in [0.05, 0.1) is 0 Å². The van der Waals surface area contributed by atoms with Gasteiger partial charge in [-0.05, 0) is 40.1 Å². The lowest BCUT2D eigenvalue weighted by Crippen LogP contribution is -2.46. The van der Waals surface area contributed by atoms with Gasteiger partial charge in [-0.25, -0.2) is 8.42 Å². The molecule has 8 heteroatoms. The first kappa shape index (κ1) is 16.8. The van der Waals surface area contributed by atoms with Gasteiger partial charge in [-0.3, -0.25) is 0 Å². The summed E-state index contributed by atoms with van der Waals surface area (Å²) in [5, 5.41) is 3.79. The van der Waals surface area contributed by atoms with E-state index in [2.05, 4.69) is 5.16 Å². The predicted molar refractivity (Wildman–Crippen MR) is 84.2 cm³/mol. The maximum Gasteiger partial charge on any atom is 0.248 e. The number of rotatable bonds is 4. The number of sulfonamides is 1. The van der Waals surface area contributed by atoms with Gasteiger partial charge in [0.2, 0.25) is 10.0 Å². The molecule has 120 valence electrons. The quantitative estimate of drug-likeness (QED) is 0.829. The highest BCUT2D eigenvalue weighted by molar-refractivity contribution is 7.99. The van der Waals surface area contributed by atoms with Crippen molar-refractivity contribution in [2.45, 2.75) is 31.2 Å². The van der Waals surface area contributed by atoms with Crippen LogP contribution in [-0.2, 0) is 10.0 Å². The number of likely N-dealkylation sites (N-methyl/N-ethyl adjacent to an activating group) is 1. The molecule has 1 aromatic heterocycles. The molecule has 6 nitrogen and oxygen atoms in total. The fourth-order valence-corrected chi connectivity index (χ4v) is 5.75. The van der Waals surface area contributed by atoms with Gasteiger partial charge in [-0.2, -0.15) is 16.1 Å². The average molecular weight is 333 g/mol. The summed E-state index contributed by atoms with van der Waals surface area (Å²) in [5.41, 5.74) is 0.438. The lowest BCUT2D eigenvalue weighted by Gasteiger charge is -2.30. The fraction of sp³-hybridized carbons (Fsp3) is 0.769. The third-order valence-electron chi connectivity index (χ3n) is 3.50. The summed E-state index contributed by atoms with van der Waals surface area (Å²) >= 11 is 1.82. The molecule has 1 fully saturated rings. The highest BCUT2D eigenvalue weighted by atomic mass is 32.2. The molecule has 1 atom stereocenters. The molecule has 1 saturated heterocycles. The van der Waals surface area contributed by atoms with Crippen LogP contribution in [0.15, 0.2) is 9.42 Å². The van der Waals surface area contributed by atoms with Gasteiger partial charge in [0.1, 0.15) is 10.6 Å². The molecule has 0 N–H and O–H groups in total. The molecule has 0 amide bonds. The van der Waals surface area contributed by atoms with E-state index in [0.717, 1.165) is 24.5 Å². The van der Waals surface area contributed by atoms with Crippen molar-refractivity contribution < 1.29 is 12.9 Å². The van der Waals surface area contributed by atoms with Crippen LogP contribution >= 0.6 is 11.8 Å². The van der Waals surface area contributed by atoms with Crippen molar-refractivity contribution in [2.75, 3.05) is 38.7 Å². The summed E-state index contributed by atoms with van der Waals surface area (Å²) in [7, 11) is 0.376. The van der Waals surface area contributed by atoms with E-state index in [-0.39, 0.29) is 10.9 Å². The predicted octanol–water partition coefficient (Wildman–Crippen LogP) is 1.35. The van der Waals surface area contributed by atoms with Crippen molar-refractivity contribution in [1.82, 2.24) is 14.4 Å². The van der Waals surface area contributed by atoms with Gasteiger partial charge in [-0.1, -0.05) is 5.16 Å². The van der Waals surface area contributed by atoms with Crippen LogP contribution in [0.2, 0.25) is 0 Å². The summed E-state index contributed by atoms with van der Waals surface area (Å²) in [6.07, 6.45) is 0.872. The number of thioether (sulfide) groups is 1. The second-order valence-corrected chi connectivity index (χ2v) is 8.59. The molecular weight excluding hydrogens is 310 g/mol. The zero-order valence-corrected chi connectivity index (χ0v) is 14.6. The Labute approximate surface area is 130 Å². The summed E-state index contributed by atoms with van der Waals surface area (Å²) < 4.78 is 32.8. The highest BCUT2D eigenvalue weighted by Crippen LogP contribution is 2.28. The minimum Gasteiger partial charge on any atom is -0.360 e. The standard InChI is InChI=1S/C13H23N3O3S2/c1-10-13(11(2)19-14-10)21(17,18)16-6-5-7-20-9-12(16)8-15(3)4/h12H,5-9H2,1-4H3. The molecule has 2 rings (SSSR count). The van der Waals surface area contributed by atoms with Crippen LogP contribution in [0.5, 0.6) is 0 Å². The summed E-state index contributed by atoms with van der Waals surface area (Å²) in [4.78, 5) is 2.27. The molecule has 21 heavy (non-hydrogen) atoms. The zero-order valence-electron chi connectivity index (χ0n) is 13.0. The van der Waals surface area contributed by atoms with Crippen molar-refractivity contribution in [3.8, 4) is 0 Å². The van der Waals surface area contributed by atoms with Crippen LogP contribution in [0, 0.1) is 13.8 Å². The van der Waals surface area contributed by atoms with Crippen LogP contribution in [0.4, 0.5) is 0 Å². The first-order valence-electron chi connectivity index (χ1n) is 7.01. The van der Waals surface area contributed by atoms with E-state index in [4.69, 9.17) is 4.52 Å². The van der Waals surface area contributed by atoms with Crippen molar-refractivity contribution >= 4 is 21.8 Å². The molecule has 0 radical (unpaired) electrons. The van der Waals surface area contributed by atoms with Crippen LogP contribution in [0.3, 0.4) is 0 Å². The highest BCUT2D eigenvalue weighted by Gasteiger charge is 2.36. The third-order valence-corrected chi connectivity index (χ3v) is 6.89. The Morgan fingerprint density at radius 1 is 1.43 bits per heavy atom. The van der Waals surface area contributed by atoms with E-state index in [1.165, 1.54) is 0 Å². The Morgan fingerprint density at radius 2 is 2.14 bits per heavy atom. The smallest absolute Gasteiger partial charge is 0.248 e. The van der Waals surface area contributed by atoms with Gasteiger partial charge in [0.15, 0.2) is 5.76 Å². The monoisotopic (exact) mass is 333 g/mol. The summed E-state index contributed by atoms with van der Waals surface area (Å²) in [6, 6.07) is -0.0220. The minimum absolute atomic E-state index is 0.0220. The molecule has 1 aliphatic rings. The van der Waals surface area contributed by atoms with Crippen LogP contribution in [-0.4, -0.2) is 67.5 Å². The maximum atomic E-state index is 13.0. The first-order valence-corrected chi connectivity index (χ1v) is 9.60. The van der Waals surface area contributed by atoms with E-state index in [1.807, 2.05) is 30.8 Å². The van der Waals surface area contributed by atoms with Gasteiger partial charge >= 0.3 is 0 Å². The Morgan fingerprint density at radius 3 is 2.71 bits per heavy atom. The molecule has 1 aromatic rings. The SMILES string of the molecule is Cc1noc(C)c1S(=O)(=O)N1CCCSCC1CN(C)C. The van der Waals surface area contributed by atoms with Gasteiger partial charge in [-0.15, -0.1) is 0 Å².